The first-order valence-electron chi connectivity index (χ1n) is 9.26. The average Bonchev–Trinajstić information content (AvgIpc) is 3.10. The van der Waals surface area contributed by atoms with Crippen molar-refractivity contribution in [2.75, 3.05) is 6.54 Å². The van der Waals surface area contributed by atoms with Crippen LogP contribution in [0.2, 0.25) is 5.02 Å². The molecule has 0 aromatic heterocycles. The standard InChI is InChI=1S/C20H23ClN2O4S/c1-3-20(4-2)13-16(15-5-7-17(21)8-6-15)14-22(20)28(26,27)19-11-9-18(10-12-19)23(24)25/h5-12,16H,3-4,13-14H2,1-2H3. The maximum absolute atomic E-state index is 13.4. The van der Waals surface area contributed by atoms with Gasteiger partial charge < -0.3 is 0 Å². The van der Waals surface area contributed by atoms with Crippen molar-refractivity contribution in [1.29, 1.82) is 0 Å². The van der Waals surface area contributed by atoms with E-state index in [-0.39, 0.29) is 16.5 Å². The van der Waals surface area contributed by atoms with Crippen LogP contribution in [0.1, 0.15) is 44.6 Å². The van der Waals surface area contributed by atoms with E-state index in [1.54, 1.807) is 4.31 Å². The number of nitro benzene ring substituents is 1. The number of non-ortho nitro benzene ring substituents is 1. The highest BCUT2D eigenvalue weighted by atomic mass is 35.5. The van der Waals surface area contributed by atoms with Crippen LogP contribution in [-0.4, -0.2) is 29.7 Å². The molecule has 1 atom stereocenters. The summed E-state index contributed by atoms with van der Waals surface area (Å²) >= 11 is 5.99. The number of nitro groups is 1. The molecule has 1 heterocycles. The van der Waals surface area contributed by atoms with Crippen molar-refractivity contribution in [3.8, 4) is 0 Å². The van der Waals surface area contributed by atoms with Crippen molar-refractivity contribution >= 4 is 27.3 Å². The Morgan fingerprint density at radius 3 is 2.18 bits per heavy atom. The first kappa shape index (κ1) is 20.8. The van der Waals surface area contributed by atoms with Gasteiger partial charge in [0.1, 0.15) is 0 Å². The van der Waals surface area contributed by atoms with Gasteiger partial charge in [-0.15, -0.1) is 0 Å². The zero-order valence-electron chi connectivity index (χ0n) is 15.8. The normalized spacial score (nSPS) is 19.6. The number of halogens is 1. The molecule has 1 unspecified atom stereocenters. The minimum absolute atomic E-state index is 0.0741. The fraction of sp³-hybridized carbons (Fsp3) is 0.400. The van der Waals surface area contributed by atoms with E-state index in [2.05, 4.69) is 0 Å². The summed E-state index contributed by atoms with van der Waals surface area (Å²) in [5, 5.41) is 11.5. The Morgan fingerprint density at radius 2 is 1.68 bits per heavy atom. The van der Waals surface area contributed by atoms with Gasteiger partial charge in [0, 0.05) is 29.2 Å². The molecule has 3 rings (SSSR count). The van der Waals surface area contributed by atoms with Crippen molar-refractivity contribution in [1.82, 2.24) is 4.31 Å². The first-order chi connectivity index (χ1) is 13.2. The second-order valence-corrected chi connectivity index (χ2v) is 9.47. The quantitative estimate of drug-likeness (QED) is 0.485. The second-order valence-electron chi connectivity index (χ2n) is 7.17. The monoisotopic (exact) mass is 422 g/mol. The van der Waals surface area contributed by atoms with Crippen LogP contribution in [0.4, 0.5) is 5.69 Å². The number of hydrogen-bond acceptors (Lipinski definition) is 4. The molecular formula is C20H23ClN2O4S. The molecular weight excluding hydrogens is 400 g/mol. The summed E-state index contributed by atoms with van der Waals surface area (Å²) in [5.74, 6) is 0.0741. The zero-order chi connectivity index (χ0) is 20.5. The van der Waals surface area contributed by atoms with Crippen LogP contribution in [0, 0.1) is 10.1 Å². The molecule has 0 radical (unpaired) electrons. The number of rotatable bonds is 6. The summed E-state index contributed by atoms with van der Waals surface area (Å²) in [6.07, 6.45) is 2.12. The van der Waals surface area contributed by atoms with Gasteiger partial charge in [0.2, 0.25) is 10.0 Å². The van der Waals surface area contributed by atoms with Gasteiger partial charge in [-0.3, -0.25) is 10.1 Å². The van der Waals surface area contributed by atoms with E-state index in [0.29, 0.717) is 24.4 Å². The smallest absolute Gasteiger partial charge is 0.258 e. The molecule has 1 fully saturated rings. The molecule has 0 aliphatic carbocycles. The van der Waals surface area contributed by atoms with Gasteiger partial charge in [0.15, 0.2) is 0 Å². The van der Waals surface area contributed by atoms with Crippen molar-refractivity contribution in [3.63, 3.8) is 0 Å². The Morgan fingerprint density at radius 1 is 1.11 bits per heavy atom. The minimum Gasteiger partial charge on any atom is -0.258 e. The van der Waals surface area contributed by atoms with E-state index >= 15 is 0 Å². The Hall–Kier alpha value is -1.96. The topological polar surface area (TPSA) is 80.5 Å². The zero-order valence-corrected chi connectivity index (χ0v) is 17.4. The van der Waals surface area contributed by atoms with Crippen LogP contribution in [0.25, 0.3) is 0 Å². The molecule has 1 aliphatic heterocycles. The number of hydrogen-bond donors (Lipinski definition) is 0. The molecule has 2 aromatic rings. The molecule has 0 bridgehead atoms. The first-order valence-corrected chi connectivity index (χ1v) is 11.1. The minimum atomic E-state index is -3.78. The molecule has 1 aliphatic rings. The van der Waals surface area contributed by atoms with Gasteiger partial charge in [-0.05, 0) is 55.0 Å². The van der Waals surface area contributed by atoms with Crippen LogP contribution in [0.15, 0.2) is 53.4 Å². The molecule has 1 saturated heterocycles. The summed E-state index contributed by atoms with van der Waals surface area (Å²) < 4.78 is 28.4. The van der Waals surface area contributed by atoms with Gasteiger partial charge in [-0.2, -0.15) is 4.31 Å². The summed E-state index contributed by atoms with van der Waals surface area (Å²) in [6, 6.07) is 12.7. The third-order valence-electron chi connectivity index (χ3n) is 5.83. The average molecular weight is 423 g/mol. The molecule has 150 valence electrons. The van der Waals surface area contributed by atoms with Crippen LogP contribution in [0.3, 0.4) is 0 Å². The van der Waals surface area contributed by atoms with Crippen LogP contribution in [-0.2, 0) is 10.0 Å². The fourth-order valence-corrected chi connectivity index (χ4v) is 6.17. The number of benzene rings is 2. The van der Waals surface area contributed by atoms with Crippen molar-refractivity contribution in [2.24, 2.45) is 0 Å². The molecule has 0 spiro atoms. The third-order valence-corrected chi connectivity index (χ3v) is 8.07. The summed E-state index contributed by atoms with van der Waals surface area (Å²) in [5.41, 5.74) is 0.457. The van der Waals surface area contributed by atoms with Gasteiger partial charge in [0.25, 0.3) is 5.69 Å². The van der Waals surface area contributed by atoms with E-state index in [1.807, 2.05) is 38.1 Å². The lowest BCUT2D eigenvalue weighted by Crippen LogP contribution is -2.46. The lowest BCUT2D eigenvalue weighted by atomic mass is 9.85. The lowest BCUT2D eigenvalue weighted by Gasteiger charge is -2.36. The number of sulfonamides is 1. The molecule has 8 heteroatoms. The Kier molecular flexibility index (Phi) is 5.79. The predicted octanol–water partition coefficient (Wildman–Crippen LogP) is 4.99. The van der Waals surface area contributed by atoms with Gasteiger partial charge in [-0.1, -0.05) is 37.6 Å². The maximum Gasteiger partial charge on any atom is 0.269 e. The number of nitrogens with zero attached hydrogens (tertiary/aromatic N) is 2. The summed E-state index contributed by atoms with van der Waals surface area (Å²) in [7, 11) is -3.78. The van der Waals surface area contributed by atoms with Crippen LogP contribution >= 0.6 is 11.6 Å². The molecule has 0 saturated carbocycles. The van der Waals surface area contributed by atoms with Gasteiger partial charge >= 0.3 is 0 Å². The van der Waals surface area contributed by atoms with Gasteiger partial charge in [0.05, 0.1) is 9.82 Å². The third kappa shape index (κ3) is 3.66. The SMILES string of the molecule is CCC1(CC)CC(c2ccc(Cl)cc2)CN1S(=O)(=O)c1ccc([N+](=O)[O-])cc1. The largest absolute Gasteiger partial charge is 0.269 e. The highest BCUT2D eigenvalue weighted by molar-refractivity contribution is 7.89. The molecule has 0 amide bonds. The summed E-state index contributed by atoms with van der Waals surface area (Å²) in [6.45, 7) is 4.39. The van der Waals surface area contributed by atoms with Gasteiger partial charge in [-0.25, -0.2) is 8.42 Å². The van der Waals surface area contributed by atoms with Crippen molar-refractivity contribution in [3.05, 3.63) is 69.2 Å². The molecule has 6 nitrogen and oxygen atoms in total. The Labute approximate surface area is 170 Å². The lowest BCUT2D eigenvalue weighted by molar-refractivity contribution is -0.384. The van der Waals surface area contributed by atoms with Crippen molar-refractivity contribution < 1.29 is 13.3 Å². The second kappa shape index (κ2) is 7.81. The molecule has 28 heavy (non-hydrogen) atoms. The Balaban J connectivity index is 1.99. The highest BCUT2D eigenvalue weighted by Crippen LogP contribution is 2.46. The highest BCUT2D eigenvalue weighted by Gasteiger charge is 2.49. The Bertz CT molecular complexity index is 955. The van der Waals surface area contributed by atoms with E-state index < -0.39 is 20.5 Å². The van der Waals surface area contributed by atoms with E-state index in [0.717, 1.165) is 12.0 Å². The predicted molar refractivity (Wildman–Crippen MR) is 109 cm³/mol. The van der Waals surface area contributed by atoms with Crippen molar-refractivity contribution in [2.45, 2.75) is 49.5 Å². The maximum atomic E-state index is 13.4. The van der Waals surface area contributed by atoms with Crippen LogP contribution in [0.5, 0.6) is 0 Å². The van der Waals surface area contributed by atoms with Crippen LogP contribution < -0.4 is 0 Å². The molecule has 0 N–H and O–H groups in total. The van der Waals surface area contributed by atoms with E-state index in [9.17, 15) is 18.5 Å². The van der Waals surface area contributed by atoms with E-state index in [4.69, 9.17) is 11.6 Å². The van der Waals surface area contributed by atoms with E-state index in [1.165, 1.54) is 24.3 Å². The fourth-order valence-electron chi connectivity index (χ4n) is 4.09. The summed E-state index contributed by atoms with van der Waals surface area (Å²) in [4.78, 5) is 10.4. The molecule has 2 aromatic carbocycles.